The second kappa shape index (κ2) is 24.9. The average Bonchev–Trinajstić information content (AvgIpc) is 2.95. The van der Waals surface area contributed by atoms with Crippen molar-refractivity contribution < 1.29 is 19.1 Å². The topological polar surface area (TPSA) is 90.8 Å². The molecule has 0 aliphatic carbocycles. The number of aliphatic imine (C=N–C) groups is 1. The molecule has 8 heteroatoms. The number of carbonyl (C=O) groups excluding carboxylic acids is 2. The summed E-state index contributed by atoms with van der Waals surface area (Å²) in [5.74, 6) is 1.97. The lowest BCUT2D eigenvalue weighted by molar-refractivity contribution is -0.191. The van der Waals surface area contributed by atoms with Gasteiger partial charge in [-0.05, 0) is 89.8 Å². The zero-order chi connectivity index (χ0) is 30.9. The van der Waals surface area contributed by atoms with Gasteiger partial charge in [0, 0.05) is 5.69 Å². The van der Waals surface area contributed by atoms with E-state index in [1.165, 1.54) is 11.6 Å². The Bertz CT molecular complexity index is 1060. The molecule has 0 heterocycles. The van der Waals surface area contributed by atoms with E-state index in [2.05, 4.69) is 71.0 Å². The van der Waals surface area contributed by atoms with Gasteiger partial charge in [-0.15, -0.1) is 0 Å². The molecular formula is C32H47BrFN3O3. The van der Waals surface area contributed by atoms with Gasteiger partial charge < -0.3 is 15.7 Å². The summed E-state index contributed by atoms with van der Waals surface area (Å²) in [6.45, 7) is 18.2. The number of rotatable bonds is 11. The van der Waals surface area contributed by atoms with Crippen molar-refractivity contribution in [3.8, 4) is 0 Å². The van der Waals surface area contributed by atoms with E-state index in [4.69, 9.17) is 9.59 Å². The number of hydrogen-bond acceptors (Lipinski definition) is 5. The summed E-state index contributed by atoms with van der Waals surface area (Å²) in [4.78, 5) is 20.8. The van der Waals surface area contributed by atoms with E-state index in [-0.39, 0.29) is 24.6 Å². The molecule has 0 amide bonds. The van der Waals surface area contributed by atoms with Crippen molar-refractivity contribution in [2.45, 2.75) is 80.2 Å². The van der Waals surface area contributed by atoms with Gasteiger partial charge >= 0.3 is 6.15 Å². The molecule has 0 saturated carbocycles. The molecule has 0 aromatic heterocycles. The summed E-state index contributed by atoms with van der Waals surface area (Å²) < 4.78 is 13.4. The standard InChI is InChI=1S/C18H26BrN3O.C11H15F.C2H6.CO2/c1-5-14-9-8-10-16(11-14)20-13(4)21-18(17(19)7-3)22-15(6-2)12-23;1-9(2)6-7-10-4-3-5-11(12)8-10;1-2;2-1-3/h7-11,15,22-23H,3,5-6,12H2,1-2,4H3,(H,20,21);3-5,8-9H,6-7H2,1-2H3;1-2H3;/b18-17-;;;. The first-order valence-corrected chi connectivity index (χ1v) is 14.5. The number of hydrogen-bond donors (Lipinski definition) is 3. The van der Waals surface area contributed by atoms with E-state index in [1.54, 1.807) is 18.2 Å². The fourth-order valence-corrected chi connectivity index (χ4v) is 3.35. The molecular weight excluding hydrogens is 573 g/mol. The average molecular weight is 621 g/mol. The Morgan fingerprint density at radius 3 is 2.23 bits per heavy atom. The minimum Gasteiger partial charge on any atom is -0.394 e. The van der Waals surface area contributed by atoms with Crippen LogP contribution in [0.3, 0.4) is 0 Å². The molecule has 3 N–H and O–H groups in total. The fourth-order valence-electron chi connectivity index (χ4n) is 3.14. The number of nitrogens with one attached hydrogen (secondary N) is 2. The van der Waals surface area contributed by atoms with Crippen molar-refractivity contribution in [1.82, 2.24) is 5.32 Å². The summed E-state index contributed by atoms with van der Waals surface area (Å²) >= 11 is 3.45. The monoisotopic (exact) mass is 619 g/mol. The van der Waals surface area contributed by atoms with E-state index in [9.17, 15) is 9.50 Å². The van der Waals surface area contributed by atoms with E-state index < -0.39 is 0 Å². The Kier molecular flexibility index (Phi) is 24.4. The van der Waals surface area contributed by atoms with Gasteiger partial charge in [0.15, 0.2) is 0 Å². The maximum Gasteiger partial charge on any atom is 0.373 e. The van der Waals surface area contributed by atoms with E-state index in [0.717, 1.165) is 47.3 Å². The fraction of sp³-hybridized carbons (Fsp3) is 0.438. The molecule has 0 spiro atoms. The molecule has 2 aromatic rings. The third kappa shape index (κ3) is 19.1. The van der Waals surface area contributed by atoms with Crippen LogP contribution in [0.4, 0.5) is 10.1 Å². The molecule has 6 nitrogen and oxygen atoms in total. The van der Waals surface area contributed by atoms with Crippen molar-refractivity contribution in [1.29, 1.82) is 0 Å². The maximum atomic E-state index is 12.7. The van der Waals surface area contributed by atoms with E-state index >= 15 is 0 Å². The van der Waals surface area contributed by atoms with Gasteiger partial charge in [0.25, 0.3) is 0 Å². The van der Waals surface area contributed by atoms with Crippen LogP contribution in [0.1, 0.15) is 72.4 Å². The minimum atomic E-state index is -0.128. The Hall–Kier alpha value is -3.06. The first kappa shape index (κ1) is 39.1. The van der Waals surface area contributed by atoms with Crippen LogP contribution in [0, 0.1) is 11.7 Å². The molecule has 1 atom stereocenters. The number of amidine groups is 1. The van der Waals surface area contributed by atoms with E-state index in [0.29, 0.717) is 11.7 Å². The van der Waals surface area contributed by atoms with Crippen LogP contribution in [0.5, 0.6) is 0 Å². The Balaban J connectivity index is 0. The second-order valence-corrected chi connectivity index (χ2v) is 9.71. The van der Waals surface area contributed by atoms with Crippen molar-refractivity contribution in [2.75, 3.05) is 11.9 Å². The van der Waals surface area contributed by atoms with Crippen LogP contribution in [-0.2, 0) is 22.4 Å². The molecule has 0 saturated heterocycles. The lowest BCUT2D eigenvalue weighted by atomic mass is 10.0. The predicted octanol–water partition coefficient (Wildman–Crippen LogP) is 8.05. The number of allylic oxidation sites excluding steroid dienone is 2. The summed E-state index contributed by atoms with van der Waals surface area (Å²) in [6, 6.07) is 15.1. The van der Waals surface area contributed by atoms with Crippen LogP contribution in [0.2, 0.25) is 0 Å². The highest BCUT2D eigenvalue weighted by Gasteiger charge is 2.09. The summed E-state index contributed by atoms with van der Waals surface area (Å²) in [5, 5.41) is 15.9. The molecule has 222 valence electrons. The second-order valence-electron chi connectivity index (χ2n) is 8.85. The van der Waals surface area contributed by atoms with Gasteiger partial charge in [0.1, 0.15) is 17.5 Å². The molecule has 0 fully saturated rings. The zero-order valence-electron chi connectivity index (χ0n) is 25.1. The predicted molar refractivity (Wildman–Crippen MR) is 169 cm³/mol. The lowest BCUT2D eigenvalue weighted by Gasteiger charge is -2.17. The van der Waals surface area contributed by atoms with Crippen molar-refractivity contribution in [3.63, 3.8) is 0 Å². The number of aliphatic hydroxyl groups is 1. The van der Waals surface area contributed by atoms with Gasteiger partial charge in [-0.25, -0.2) is 9.38 Å². The SMILES string of the molecule is C=C/C(Br)=C(\N=C(/C)Nc1cccc(CC)c1)NC(CC)CO.CC.CC(C)CCc1cccc(F)c1.O=C=O. The number of aryl methyl sites for hydroxylation is 2. The van der Waals surface area contributed by atoms with E-state index in [1.807, 2.05) is 45.9 Å². The van der Waals surface area contributed by atoms with Crippen LogP contribution in [-0.4, -0.2) is 29.7 Å². The summed E-state index contributed by atoms with van der Waals surface area (Å²) in [6.07, 6.45) is 5.84. The van der Waals surface area contributed by atoms with Crippen LogP contribution < -0.4 is 10.6 Å². The van der Waals surface area contributed by atoms with Gasteiger partial charge in [-0.2, -0.15) is 9.59 Å². The first-order chi connectivity index (χ1) is 19.1. The zero-order valence-corrected chi connectivity index (χ0v) is 26.6. The highest BCUT2D eigenvalue weighted by atomic mass is 79.9. The molecule has 0 aliphatic rings. The largest absolute Gasteiger partial charge is 0.394 e. The van der Waals surface area contributed by atoms with Gasteiger partial charge in [-0.3, -0.25) is 0 Å². The normalized spacial score (nSPS) is 11.6. The Morgan fingerprint density at radius 2 is 1.73 bits per heavy atom. The Morgan fingerprint density at radius 1 is 1.12 bits per heavy atom. The number of nitrogens with zero attached hydrogens (tertiary/aromatic N) is 1. The number of anilines is 1. The number of benzene rings is 2. The minimum absolute atomic E-state index is 0.0440. The molecule has 40 heavy (non-hydrogen) atoms. The van der Waals surface area contributed by atoms with Crippen molar-refractivity contribution in [2.24, 2.45) is 10.9 Å². The molecule has 0 aliphatic heterocycles. The lowest BCUT2D eigenvalue weighted by Crippen LogP contribution is -2.31. The smallest absolute Gasteiger partial charge is 0.373 e. The van der Waals surface area contributed by atoms with Gasteiger partial charge in [0.2, 0.25) is 0 Å². The van der Waals surface area contributed by atoms with Crippen LogP contribution in [0.15, 0.2) is 76.5 Å². The quantitative estimate of drug-likeness (QED) is 0.134. The van der Waals surface area contributed by atoms with Crippen LogP contribution >= 0.6 is 15.9 Å². The Labute approximate surface area is 249 Å². The summed E-state index contributed by atoms with van der Waals surface area (Å²) in [7, 11) is 0. The number of aliphatic hydroxyl groups excluding tert-OH is 1. The van der Waals surface area contributed by atoms with Crippen molar-refractivity contribution in [3.05, 3.63) is 88.4 Å². The highest BCUT2D eigenvalue weighted by Crippen LogP contribution is 2.16. The third-order valence-electron chi connectivity index (χ3n) is 5.30. The maximum absolute atomic E-state index is 12.7. The highest BCUT2D eigenvalue weighted by molar-refractivity contribution is 9.11. The molecule has 0 radical (unpaired) electrons. The van der Waals surface area contributed by atoms with Gasteiger partial charge in [-0.1, -0.05) is 78.5 Å². The number of halogens is 2. The van der Waals surface area contributed by atoms with Crippen LogP contribution in [0.25, 0.3) is 0 Å². The summed E-state index contributed by atoms with van der Waals surface area (Å²) in [5.41, 5.74) is 3.38. The van der Waals surface area contributed by atoms with Gasteiger partial charge in [0.05, 0.1) is 17.1 Å². The molecule has 1 unspecified atom stereocenters. The third-order valence-corrected chi connectivity index (χ3v) is 6.00. The molecule has 2 aromatic carbocycles. The molecule has 2 rings (SSSR count). The molecule has 0 bridgehead atoms. The van der Waals surface area contributed by atoms with Crippen molar-refractivity contribution >= 4 is 33.6 Å². The first-order valence-electron chi connectivity index (χ1n) is 13.7.